The lowest BCUT2D eigenvalue weighted by atomic mass is 10.1. The summed E-state index contributed by atoms with van der Waals surface area (Å²) in [5.74, 6) is -0.753. The van der Waals surface area contributed by atoms with Crippen molar-refractivity contribution in [3.63, 3.8) is 0 Å². The summed E-state index contributed by atoms with van der Waals surface area (Å²) in [6.07, 6.45) is 0. The van der Waals surface area contributed by atoms with Gasteiger partial charge in [0.05, 0.1) is 24.8 Å². The SMILES string of the molecule is CCOC(=O)CN(Cc1cc(F)cc(C#N)c1)C(C)C. The molecule has 0 amide bonds. The van der Waals surface area contributed by atoms with Gasteiger partial charge in [-0.15, -0.1) is 0 Å². The molecule has 20 heavy (non-hydrogen) atoms. The van der Waals surface area contributed by atoms with Crippen molar-refractivity contribution < 1.29 is 13.9 Å². The van der Waals surface area contributed by atoms with E-state index in [1.165, 1.54) is 12.1 Å². The standard InChI is InChI=1S/C15H19FN2O2/c1-4-20-15(19)10-18(11(2)3)9-13-5-12(8-17)6-14(16)7-13/h5-7,11H,4,9-10H2,1-3H3. The molecule has 5 heteroatoms. The third-order valence-corrected chi connectivity index (χ3v) is 2.84. The lowest BCUT2D eigenvalue weighted by molar-refractivity contribution is -0.145. The Bertz CT molecular complexity index is 509. The van der Waals surface area contributed by atoms with Crippen LogP contribution in [0, 0.1) is 17.1 Å². The lowest BCUT2D eigenvalue weighted by Crippen LogP contribution is -2.36. The number of hydrogen-bond donors (Lipinski definition) is 0. The predicted molar refractivity (Wildman–Crippen MR) is 73.3 cm³/mol. The summed E-state index contributed by atoms with van der Waals surface area (Å²) in [5, 5.41) is 8.84. The molecule has 0 aliphatic carbocycles. The number of esters is 1. The van der Waals surface area contributed by atoms with Crippen LogP contribution in [0.1, 0.15) is 31.9 Å². The molecule has 0 aliphatic rings. The molecule has 1 aromatic carbocycles. The highest BCUT2D eigenvalue weighted by Crippen LogP contribution is 2.13. The second-order valence-corrected chi connectivity index (χ2v) is 4.76. The molecular weight excluding hydrogens is 259 g/mol. The summed E-state index contributed by atoms with van der Waals surface area (Å²) in [6.45, 7) is 6.52. The minimum Gasteiger partial charge on any atom is -0.465 e. The Morgan fingerprint density at radius 3 is 2.70 bits per heavy atom. The molecule has 0 fully saturated rings. The maximum atomic E-state index is 13.4. The highest BCUT2D eigenvalue weighted by Gasteiger charge is 2.16. The molecule has 0 N–H and O–H groups in total. The van der Waals surface area contributed by atoms with E-state index in [4.69, 9.17) is 10.00 Å². The zero-order chi connectivity index (χ0) is 15.1. The van der Waals surface area contributed by atoms with E-state index in [1.807, 2.05) is 24.8 Å². The number of carbonyl (C=O) groups is 1. The molecule has 0 saturated heterocycles. The van der Waals surface area contributed by atoms with Crippen molar-refractivity contribution in [2.45, 2.75) is 33.4 Å². The Hall–Kier alpha value is -1.93. The molecule has 0 saturated carbocycles. The number of nitrogens with zero attached hydrogens (tertiary/aromatic N) is 2. The average Bonchev–Trinajstić information content (AvgIpc) is 2.37. The van der Waals surface area contributed by atoms with Crippen molar-refractivity contribution in [2.24, 2.45) is 0 Å². The minimum atomic E-state index is -0.445. The van der Waals surface area contributed by atoms with Crippen molar-refractivity contribution in [1.29, 1.82) is 5.26 Å². The van der Waals surface area contributed by atoms with E-state index >= 15 is 0 Å². The molecular formula is C15H19FN2O2. The molecule has 0 radical (unpaired) electrons. The average molecular weight is 278 g/mol. The third-order valence-electron chi connectivity index (χ3n) is 2.84. The molecule has 0 atom stereocenters. The van der Waals surface area contributed by atoms with Gasteiger partial charge < -0.3 is 4.74 Å². The van der Waals surface area contributed by atoms with Crippen LogP contribution in [-0.4, -0.2) is 30.1 Å². The quantitative estimate of drug-likeness (QED) is 0.750. The van der Waals surface area contributed by atoms with Gasteiger partial charge in [0.2, 0.25) is 0 Å². The van der Waals surface area contributed by atoms with E-state index in [0.717, 1.165) is 0 Å². The van der Waals surface area contributed by atoms with Crippen LogP contribution in [0.2, 0.25) is 0 Å². The lowest BCUT2D eigenvalue weighted by Gasteiger charge is -2.25. The predicted octanol–water partition coefficient (Wildman–Crippen LogP) is 2.47. The Balaban J connectivity index is 2.83. The third kappa shape index (κ3) is 4.98. The van der Waals surface area contributed by atoms with Crippen molar-refractivity contribution >= 4 is 5.97 Å². The molecule has 0 aromatic heterocycles. The summed E-state index contributed by atoms with van der Waals surface area (Å²) >= 11 is 0. The highest BCUT2D eigenvalue weighted by molar-refractivity contribution is 5.71. The van der Waals surface area contributed by atoms with Crippen molar-refractivity contribution in [2.75, 3.05) is 13.2 Å². The van der Waals surface area contributed by atoms with Gasteiger partial charge in [0.15, 0.2) is 0 Å². The van der Waals surface area contributed by atoms with Gasteiger partial charge in [-0.3, -0.25) is 9.69 Å². The Morgan fingerprint density at radius 1 is 1.45 bits per heavy atom. The number of halogens is 1. The van der Waals surface area contributed by atoms with E-state index < -0.39 is 5.82 Å². The van der Waals surface area contributed by atoms with Gasteiger partial charge in [0, 0.05) is 12.6 Å². The number of rotatable bonds is 6. The van der Waals surface area contributed by atoms with Crippen LogP contribution in [0.15, 0.2) is 18.2 Å². The second kappa shape index (κ2) is 7.61. The Labute approximate surface area is 118 Å². The monoisotopic (exact) mass is 278 g/mol. The number of nitriles is 1. The minimum absolute atomic E-state index is 0.105. The molecule has 1 aromatic rings. The van der Waals surface area contributed by atoms with Gasteiger partial charge >= 0.3 is 5.97 Å². The van der Waals surface area contributed by atoms with Crippen molar-refractivity contribution in [3.8, 4) is 6.07 Å². The van der Waals surface area contributed by atoms with Crippen LogP contribution in [-0.2, 0) is 16.1 Å². The number of benzene rings is 1. The smallest absolute Gasteiger partial charge is 0.320 e. The molecule has 0 bridgehead atoms. The number of hydrogen-bond acceptors (Lipinski definition) is 4. The van der Waals surface area contributed by atoms with Crippen molar-refractivity contribution in [3.05, 3.63) is 35.1 Å². The van der Waals surface area contributed by atoms with Gasteiger partial charge in [-0.1, -0.05) is 0 Å². The largest absolute Gasteiger partial charge is 0.465 e. The highest BCUT2D eigenvalue weighted by atomic mass is 19.1. The van der Waals surface area contributed by atoms with E-state index in [9.17, 15) is 9.18 Å². The Morgan fingerprint density at radius 2 is 2.15 bits per heavy atom. The van der Waals surface area contributed by atoms with Gasteiger partial charge in [0.1, 0.15) is 5.82 Å². The summed E-state index contributed by atoms with van der Waals surface area (Å²) < 4.78 is 18.3. The molecule has 0 heterocycles. The first-order valence-electron chi connectivity index (χ1n) is 6.55. The first-order chi connectivity index (χ1) is 9.46. The molecule has 0 aliphatic heterocycles. The van der Waals surface area contributed by atoms with Gasteiger partial charge in [-0.05, 0) is 44.5 Å². The second-order valence-electron chi connectivity index (χ2n) is 4.76. The summed E-state index contributed by atoms with van der Waals surface area (Å²) in [7, 11) is 0. The van der Waals surface area contributed by atoms with Crippen LogP contribution in [0.5, 0.6) is 0 Å². The molecule has 0 spiro atoms. The van der Waals surface area contributed by atoms with E-state index in [-0.39, 0.29) is 24.1 Å². The van der Waals surface area contributed by atoms with Gasteiger partial charge in [-0.25, -0.2) is 4.39 Å². The van der Waals surface area contributed by atoms with Gasteiger partial charge in [0.25, 0.3) is 0 Å². The maximum absolute atomic E-state index is 13.4. The van der Waals surface area contributed by atoms with Crippen molar-refractivity contribution in [1.82, 2.24) is 4.90 Å². The molecule has 4 nitrogen and oxygen atoms in total. The van der Waals surface area contributed by atoms with E-state index in [0.29, 0.717) is 18.7 Å². The van der Waals surface area contributed by atoms with Crippen LogP contribution in [0.3, 0.4) is 0 Å². The fourth-order valence-corrected chi connectivity index (χ4v) is 1.83. The maximum Gasteiger partial charge on any atom is 0.320 e. The summed E-state index contributed by atoms with van der Waals surface area (Å²) in [4.78, 5) is 13.4. The van der Waals surface area contributed by atoms with Crippen LogP contribution < -0.4 is 0 Å². The van der Waals surface area contributed by atoms with Crippen LogP contribution in [0.4, 0.5) is 4.39 Å². The van der Waals surface area contributed by atoms with E-state index in [1.54, 1.807) is 13.0 Å². The molecule has 108 valence electrons. The molecule has 0 unspecified atom stereocenters. The number of ether oxygens (including phenoxy) is 1. The zero-order valence-electron chi connectivity index (χ0n) is 12.0. The van der Waals surface area contributed by atoms with Crippen LogP contribution in [0.25, 0.3) is 0 Å². The normalized spacial score (nSPS) is 10.7. The fourth-order valence-electron chi connectivity index (χ4n) is 1.83. The van der Waals surface area contributed by atoms with Crippen LogP contribution >= 0.6 is 0 Å². The molecule has 1 rings (SSSR count). The first kappa shape index (κ1) is 16.1. The fraction of sp³-hybridized carbons (Fsp3) is 0.467. The number of carbonyl (C=O) groups excluding carboxylic acids is 1. The topological polar surface area (TPSA) is 53.3 Å². The van der Waals surface area contributed by atoms with E-state index in [2.05, 4.69) is 0 Å². The Kier molecular flexibility index (Phi) is 6.13. The first-order valence-corrected chi connectivity index (χ1v) is 6.55. The summed E-state index contributed by atoms with van der Waals surface area (Å²) in [5.41, 5.74) is 0.944. The van der Waals surface area contributed by atoms with Gasteiger partial charge in [-0.2, -0.15) is 5.26 Å². The summed E-state index contributed by atoms with van der Waals surface area (Å²) in [6, 6.07) is 6.22. The zero-order valence-corrected chi connectivity index (χ0v) is 12.0.